The van der Waals surface area contributed by atoms with Gasteiger partial charge in [0.15, 0.2) is 5.82 Å². The normalized spacial score (nSPS) is 12.9. The van der Waals surface area contributed by atoms with Gasteiger partial charge in [-0.3, -0.25) is 0 Å². The van der Waals surface area contributed by atoms with Crippen molar-refractivity contribution in [1.29, 1.82) is 0 Å². The minimum Gasteiger partial charge on any atom is -0.380 e. The van der Waals surface area contributed by atoms with Crippen molar-refractivity contribution < 1.29 is 9.26 Å². The summed E-state index contributed by atoms with van der Waals surface area (Å²) in [7, 11) is 1.60. The Morgan fingerprint density at radius 2 is 2.50 bits per heavy atom. The molecule has 0 fully saturated rings. The van der Waals surface area contributed by atoms with E-state index in [9.17, 15) is 0 Å². The Balaban J connectivity index is 2.08. The average molecular weight is 223 g/mol. The number of nitrogens with two attached hydrogens (primary N) is 1. The van der Waals surface area contributed by atoms with E-state index in [1.807, 2.05) is 0 Å². The molecule has 0 saturated carbocycles. The van der Waals surface area contributed by atoms with Crippen LogP contribution in [-0.2, 0) is 11.2 Å². The molecule has 0 spiro atoms. The number of aromatic amines is 1. The number of methoxy groups -OCH3 is 1. The van der Waals surface area contributed by atoms with Crippen LogP contribution in [0.25, 0.3) is 11.6 Å². The van der Waals surface area contributed by atoms with Gasteiger partial charge in [-0.1, -0.05) is 5.16 Å². The summed E-state index contributed by atoms with van der Waals surface area (Å²) in [5.41, 5.74) is 5.50. The van der Waals surface area contributed by atoms with E-state index in [-0.39, 0.29) is 6.10 Å². The molecule has 2 aromatic heterocycles. The molecule has 0 aliphatic rings. The van der Waals surface area contributed by atoms with Gasteiger partial charge in [0.05, 0.1) is 12.5 Å². The summed E-state index contributed by atoms with van der Waals surface area (Å²) in [5.74, 6) is 1.51. The Morgan fingerprint density at radius 1 is 1.62 bits per heavy atom. The van der Waals surface area contributed by atoms with E-state index in [1.165, 1.54) is 0 Å². The number of aromatic nitrogens is 4. The predicted molar refractivity (Wildman–Crippen MR) is 55.4 cm³/mol. The molecule has 3 N–H and O–H groups in total. The molecule has 86 valence electrons. The zero-order valence-corrected chi connectivity index (χ0v) is 8.88. The largest absolute Gasteiger partial charge is 0.380 e. The highest BCUT2D eigenvalue weighted by atomic mass is 16.5. The maximum atomic E-state index is 5.50. The van der Waals surface area contributed by atoms with Crippen molar-refractivity contribution >= 4 is 0 Å². The summed E-state index contributed by atoms with van der Waals surface area (Å²) in [4.78, 5) is 11.1. The summed E-state index contributed by atoms with van der Waals surface area (Å²) in [6, 6.07) is 0. The molecule has 16 heavy (non-hydrogen) atoms. The maximum absolute atomic E-state index is 5.50. The second kappa shape index (κ2) is 4.86. The molecular formula is C9H13N5O2. The van der Waals surface area contributed by atoms with E-state index in [4.69, 9.17) is 15.0 Å². The van der Waals surface area contributed by atoms with Crippen molar-refractivity contribution in [3.05, 3.63) is 18.3 Å². The third kappa shape index (κ3) is 2.26. The van der Waals surface area contributed by atoms with Crippen molar-refractivity contribution in [3.8, 4) is 11.6 Å². The van der Waals surface area contributed by atoms with Crippen LogP contribution < -0.4 is 5.73 Å². The highest BCUT2D eigenvalue weighted by Gasteiger charge is 2.14. The lowest BCUT2D eigenvalue weighted by Crippen LogP contribution is -2.24. The van der Waals surface area contributed by atoms with Gasteiger partial charge in [-0.15, -0.1) is 0 Å². The zero-order chi connectivity index (χ0) is 11.4. The summed E-state index contributed by atoms with van der Waals surface area (Å²) in [6.07, 6.45) is 3.72. The second-order valence-electron chi connectivity index (χ2n) is 3.25. The highest BCUT2D eigenvalue weighted by Crippen LogP contribution is 2.11. The fourth-order valence-corrected chi connectivity index (χ4v) is 1.28. The molecule has 1 unspecified atom stereocenters. The lowest BCUT2D eigenvalue weighted by Gasteiger charge is -2.08. The number of ether oxygens (including phenoxy) is 1. The minimum absolute atomic E-state index is 0.107. The quantitative estimate of drug-likeness (QED) is 0.738. The van der Waals surface area contributed by atoms with Crippen molar-refractivity contribution in [1.82, 2.24) is 20.1 Å². The van der Waals surface area contributed by atoms with Crippen LogP contribution in [0.5, 0.6) is 0 Å². The summed E-state index contributed by atoms with van der Waals surface area (Å²) >= 11 is 0. The van der Waals surface area contributed by atoms with E-state index in [2.05, 4.69) is 20.1 Å². The van der Waals surface area contributed by atoms with Crippen LogP contribution in [-0.4, -0.2) is 39.9 Å². The first-order valence-electron chi connectivity index (χ1n) is 4.88. The lowest BCUT2D eigenvalue weighted by atomic mass is 10.2. The second-order valence-corrected chi connectivity index (χ2v) is 3.25. The van der Waals surface area contributed by atoms with Gasteiger partial charge in [0.25, 0.3) is 0 Å². The Bertz CT molecular complexity index is 421. The third-order valence-electron chi connectivity index (χ3n) is 2.18. The van der Waals surface area contributed by atoms with Crippen molar-refractivity contribution in [2.45, 2.75) is 12.5 Å². The summed E-state index contributed by atoms with van der Waals surface area (Å²) < 4.78 is 10.2. The van der Waals surface area contributed by atoms with Gasteiger partial charge < -0.3 is 20.0 Å². The summed E-state index contributed by atoms with van der Waals surface area (Å²) in [6.45, 7) is 0.412. The van der Waals surface area contributed by atoms with Gasteiger partial charge in [-0.2, -0.15) is 4.98 Å². The predicted octanol–water partition coefficient (Wildman–Crippen LogP) is -0.0241. The molecule has 0 aromatic carbocycles. The molecule has 7 heteroatoms. The number of nitrogens with zero attached hydrogens (tertiary/aromatic N) is 3. The third-order valence-corrected chi connectivity index (χ3v) is 2.18. The standard InChI is InChI=1S/C9H13N5O2/c1-15-6(5-10)4-7-13-9(14-16-7)8-11-2-3-12-8/h2-3,6H,4-5,10H2,1H3,(H,11,12). The molecule has 2 heterocycles. The van der Waals surface area contributed by atoms with E-state index in [1.54, 1.807) is 19.5 Å². The average Bonchev–Trinajstić information content (AvgIpc) is 2.96. The van der Waals surface area contributed by atoms with Gasteiger partial charge in [-0.25, -0.2) is 4.98 Å². The minimum atomic E-state index is -0.107. The monoisotopic (exact) mass is 223 g/mol. The number of rotatable bonds is 5. The van der Waals surface area contributed by atoms with Crippen LogP contribution in [0.2, 0.25) is 0 Å². The van der Waals surface area contributed by atoms with E-state index < -0.39 is 0 Å². The van der Waals surface area contributed by atoms with Gasteiger partial charge in [0, 0.05) is 26.0 Å². The first kappa shape index (κ1) is 10.8. The van der Waals surface area contributed by atoms with Gasteiger partial charge >= 0.3 is 0 Å². The molecule has 0 bridgehead atoms. The fraction of sp³-hybridized carbons (Fsp3) is 0.444. The Morgan fingerprint density at radius 3 is 3.12 bits per heavy atom. The summed E-state index contributed by atoms with van der Waals surface area (Å²) in [5, 5.41) is 3.80. The van der Waals surface area contributed by atoms with Crippen molar-refractivity contribution in [3.63, 3.8) is 0 Å². The molecule has 0 amide bonds. The molecule has 0 radical (unpaired) electrons. The first-order chi connectivity index (χ1) is 7.83. The van der Waals surface area contributed by atoms with Gasteiger partial charge in [0.2, 0.25) is 11.7 Å². The molecule has 0 aliphatic carbocycles. The van der Waals surface area contributed by atoms with Crippen molar-refractivity contribution in [2.75, 3.05) is 13.7 Å². The smallest absolute Gasteiger partial charge is 0.238 e. The number of imidazole rings is 1. The first-order valence-corrected chi connectivity index (χ1v) is 4.88. The van der Waals surface area contributed by atoms with Crippen LogP contribution in [0.3, 0.4) is 0 Å². The Labute approximate surface area is 92.0 Å². The lowest BCUT2D eigenvalue weighted by molar-refractivity contribution is 0.102. The fourth-order valence-electron chi connectivity index (χ4n) is 1.28. The molecule has 2 aromatic rings. The SMILES string of the molecule is COC(CN)Cc1nc(-c2ncc[nH]2)no1. The van der Waals surface area contributed by atoms with Crippen LogP contribution >= 0.6 is 0 Å². The highest BCUT2D eigenvalue weighted by molar-refractivity contribution is 5.40. The van der Waals surface area contributed by atoms with Crippen LogP contribution in [0.15, 0.2) is 16.9 Å². The number of nitrogens with one attached hydrogen (secondary N) is 1. The van der Waals surface area contributed by atoms with E-state index >= 15 is 0 Å². The number of hydrogen-bond donors (Lipinski definition) is 2. The maximum Gasteiger partial charge on any atom is 0.238 e. The molecular weight excluding hydrogens is 210 g/mol. The Kier molecular flexibility index (Phi) is 3.28. The molecule has 0 aliphatic heterocycles. The van der Waals surface area contributed by atoms with E-state index in [0.29, 0.717) is 30.5 Å². The topological polar surface area (TPSA) is 103 Å². The van der Waals surface area contributed by atoms with Crippen LogP contribution in [0.1, 0.15) is 5.89 Å². The van der Waals surface area contributed by atoms with Crippen LogP contribution in [0, 0.1) is 0 Å². The zero-order valence-electron chi connectivity index (χ0n) is 8.88. The number of hydrogen-bond acceptors (Lipinski definition) is 6. The Hall–Kier alpha value is -1.73. The molecule has 0 saturated heterocycles. The van der Waals surface area contributed by atoms with Gasteiger partial charge in [0.1, 0.15) is 0 Å². The molecule has 2 rings (SSSR count). The van der Waals surface area contributed by atoms with Crippen molar-refractivity contribution in [2.24, 2.45) is 5.73 Å². The molecule has 1 atom stereocenters. The number of H-pyrrole nitrogens is 1. The van der Waals surface area contributed by atoms with Gasteiger partial charge in [-0.05, 0) is 0 Å². The van der Waals surface area contributed by atoms with E-state index in [0.717, 1.165) is 0 Å². The molecule has 7 nitrogen and oxygen atoms in total. The van der Waals surface area contributed by atoms with Crippen LogP contribution in [0.4, 0.5) is 0 Å².